The fraction of sp³-hybridized carbons (Fsp3) is 0.667. The molecule has 106 valence electrons. The molecule has 0 aliphatic heterocycles. The van der Waals surface area contributed by atoms with Crippen molar-refractivity contribution in [3.8, 4) is 6.07 Å². The van der Waals surface area contributed by atoms with Crippen LogP contribution in [0, 0.1) is 11.3 Å². The largest absolute Gasteiger partial charge is 0.419 e. The fourth-order valence-corrected chi connectivity index (χ4v) is 1.77. The molecule has 0 aromatic carbocycles. The van der Waals surface area contributed by atoms with Crippen molar-refractivity contribution in [2.75, 3.05) is 0 Å². The third kappa shape index (κ3) is 4.56. The Bertz CT molecular complexity index is 458. The minimum Gasteiger partial charge on any atom is -0.297 e. The summed E-state index contributed by atoms with van der Waals surface area (Å²) in [6.45, 7) is 5.79. The van der Waals surface area contributed by atoms with E-state index in [0.717, 1.165) is 12.4 Å². The molecule has 4 nitrogen and oxygen atoms in total. The monoisotopic (exact) mass is 274 g/mol. The standard InChI is InChI=1S/C12H17F3N4/c1-9(2)18-11(3,8-16)4-5-19-7-10(6-17-19)12(13,14)15/h6-7,9,18H,4-5H2,1-3H3. The SMILES string of the molecule is CC(C)NC(C)(C#N)CCn1cc(C(F)(F)F)cn1. The number of rotatable bonds is 5. The lowest BCUT2D eigenvalue weighted by Crippen LogP contribution is -2.45. The Morgan fingerprint density at radius 3 is 2.53 bits per heavy atom. The van der Waals surface area contributed by atoms with E-state index >= 15 is 0 Å². The second kappa shape index (κ2) is 5.61. The average Bonchev–Trinajstić information content (AvgIpc) is 2.74. The lowest BCUT2D eigenvalue weighted by molar-refractivity contribution is -0.137. The van der Waals surface area contributed by atoms with E-state index in [9.17, 15) is 13.2 Å². The van der Waals surface area contributed by atoms with Crippen LogP contribution in [0.25, 0.3) is 0 Å². The van der Waals surface area contributed by atoms with E-state index in [4.69, 9.17) is 5.26 Å². The van der Waals surface area contributed by atoms with Crippen molar-refractivity contribution >= 4 is 0 Å². The maximum Gasteiger partial charge on any atom is 0.419 e. The molecule has 0 spiro atoms. The summed E-state index contributed by atoms with van der Waals surface area (Å²) < 4.78 is 38.4. The fourth-order valence-electron chi connectivity index (χ4n) is 1.77. The summed E-state index contributed by atoms with van der Waals surface area (Å²) in [6, 6.07) is 2.26. The molecule has 0 fully saturated rings. The molecule has 1 unspecified atom stereocenters. The summed E-state index contributed by atoms with van der Waals surface area (Å²) in [5.41, 5.74) is -1.55. The van der Waals surface area contributed by atoms with Gasteiger partial charge in [-0.05, 0) is 27.2 Å². The van der Waals surface area contributed by atoms with Gasteiger partial charge in [-0.2, -0.15) is 23.5 Å². The zero-order valence-corrected chi connectivity index (χ0v) is 11.1. The van der Waals surface area contributed by atoms with Gasteiger partial charge in [0.1, 0.15) is 5.54 Å². The van der Waals surface area contributed by atoms with Crippen LogP contribution in [0.5, 0.6) is 0 Å². The Morgan fingerprint density at radius 1 is 1.47 bits per heavy atom. The van der Waals surface area contributed by atoms with E-state index in [0.29, 0.717) is 6.42 Å². The van der Waals surface area contributed by atoms with E-state index in [1.54, 1.807) is 6.92 Å². The van der Waals surface area contributed by atoms with Crippen molar-refractivity contribution in [1.82, 2.24) is 15.1 Å². The summed E-state index contributed by atoms with van der Waals surface area (Å²) >= 11 is 0. The smallest absolute Gasteiger partial charge is 0.297 e. The number of nitrogens with one attached hydrogen (secondary N) is 1. The van der Waals surface area contributed by atoms with Crippen LogP contribution in [0.4, 0.5) is 13.2 Å². The zero-order valence-electron chi connectivity index (χ0n) is 11.1. The number of nitrogens with zero attached hydrogens (tertiary/aromatic N) is 3. The Morgan fingerprint density at radius 2 is 2.11 bits per heavy atom. The number of nitriles is 1. The van der Waals surface area contributed by atoms with Gasteiger partial charge in [0.2, 0.25) is 0 Å². The van der Waals surface area contributed by atoms with Gasteiger partial charge < -0.3 is 0 Å². The van der Waals surface area contributed by atoms with Gasteiger partial charge in [-0.25, -0.2) is 0 Å². The van der Waals surface area contributed by atoms with Crippen molar-refractivity contribution in [3.05, 3.63) is 18.0 Å². The highest BCUT2D eigenvalue weighted by molar-refractivity contribution is 5.09. The minimum absolute atomic E-state index is 0.119. The molecule has 0 saturated heterocycles. The number of hydrogen-bond donors (Lipinski definition) is 1. The molecule has 0 amide bonds. The molecule has 1 aromatic heterocycles. The third-order valence-corrected chi connectivity index (χ3v) is 2.66. The van der Waals surface area contributed by atoms with E-state index in [1.165, 1.54) is 4.68 Å². The highest BCUT2D eigenvalue weighted by Crippen LogP contribution is 2.28. The maximum absolute atomic E-state index is 12.4. The number of aryl methyl sites for hydroxylation is 1. The van der Waals surface area contributed by atoms with Gasteiger partial charge in [0.05, 0.1) is 17.8 Å². The molecular weight excluding hydrogens is 257 g/mol. The molecule has 1 rings (SSSR count). The lowest BCUT2D eigenvalue weighted by Gasteiger charge is -2.25. The molecule has 1 N–H and O–H groups in total. The molecule has 19 heavy (non-hydrogen) atoms. The van der Waals surface area contributed by atoms with Crippen molar-refractivity contribution in [1.29, 1.82) is 5.26 Å². The first-order chi connectivity index (χ1) is 8.66. The van der Waals surface area contributed by atoms with Crippen molar-refractivity contribution in [2.24, 2.45) is 0 Å². The molecule has 1 aromatic rings. The van der Waals surface area contributed by atoms with Gasteiger partial charge in [-0.15, -0.1) is 0 Å². The Kier molecular flexibility index (Phi) is 4.58. The predicted octanol–water partition coefficient (Wildman–Crippen LogP) is 2.57. The summed E-state index contributed by atoms with van der Waals surface area (Å²) in [6.07, 6.45) is -2.26. The van der Waals surface area contributed by atoms with Crippen LogP contribution < -0.4 is 5.32 Å². The van der Waals surface area contributed by atoms with Crippen molar-refractivity contribution in [3.63, 3.8) is 0 Å². The number of alkyl halides is 3. The minimum atomic E-state index is -4.38. The first-order valence-corrected chi connectivity index (χ1v) is 5.95. The molecule has 0 saturated carbocycles. The summed E-state index contributed by atoms with van der Waals surface area (Å²) in [7, 11) is 0. The quantitative estimate of drug-likeness (QED) is 0.897. The lowest BCUT2D eigenvalue weighted by atomic mass is 9.99. The van der Waals surface area contributed by atoms with Gasteiger partial charge in [0, 0.05) is 18.8 Å². The molecule has 0 aliphatic carbocycles. The molecule has 0 bridgehead atoms. The van der Waals surface area contributed by atoms with Crippen molar-refractivity contribution < 1.29 is 13.2 Å². The van der Waals surface area contributed by atoms with Gasteiger partial charge in [0.25, 0.3) is 0 Å². The van der Waals surface area contributed by atoms with E-state index < -0.39 is 17.3 Å². The predicted molar refractivity (Wildman–Crippen MR) is 64.1 cm³/mol. The van der Waals surface area contributed by atoms with Gasteiger partial charge >= 0.3 is 6.18 Å². The first-order valence-electron chi connectivity index (χ1n) is 5.95. The molecule has 0 aliphatic rings. The zero-order chi connectivity index (χ0) is 14.7. The third-order valence-electron chi connectivity index (χ3n) is 2.66. The second-order valence-corrected chi connectivity index (χ2v) is 4.98. The molecule has 1 atom stereocenters. The highest BCUT2D eigenvalue weighted by Gasteiger charge is 2.32. The molecular formula is C12H17F3N4. The Balaban J connectivity index is 2.66. The van der Waals surface area contributed by atoms with Crippen molar-refractivity contribution in [2.45, 2.75) is 51.5 Å². The molecule has 7 heteroatoms. The van der Waals surface area contributed by atoms with Crippen LogP contribution in [0.15, 0.2) is 12.4 Å². The Hall–Kier alpha value is -1.55. The van der Waals surface area contributed by atoms with Crippen LogP contribution in [-0.2, 0) is 12.7 Å². The number of aromatic nitrogens is 2. The van der Waals surface area contributed by atoms with E-state index in [1.807, 2.05) is 13.8 Å². The number of halogens is 3. The summed E-state index contributed by atoms with van der Waals surface area (Å²) in [4.78, 5) is 0. The van der Waals surface area contributed by atoms with Crippen LogP contribution >= 0.6 is 0 Å². The van der Waals surface area contributed by atoms with Gasteiger partial charge in [-0.3, -0.25) is 10.00 Å². The van der Waals surface area contributed by atoms with Crippen LogP contribution in [0.1, 0.15) is 32.8 Å². The van der Waals surface area contributed by atoms with Crippen LogP contribution in [0.3, 0.4) is 0 Å². The summed E-state index contributed by atoms with van der Waals surface area (Å²) in [5, 5.41) is 15.9. The Labute approximate surface area is 110 Å². The molecule has 0 radical (unpaired) electrons. The molecule has 1 heterocycles. The van der Waals surface area contributed by atoms with Gasteiger partial charge in [-0.1, -0.05) is 0 Å². The van der Waals surface area contributed by atoms with Crippen LogP contribution in [0.2, 0.25) is 0 Å². The summed E-state index contributed by atoms with van der Waals surface area (Å²) in [5.74, 6) is 0. The number of hydrogen-bond acceptors (Lipinski definition) is 3. The second-order valence-electron chi connectivity index (χ2n) is 4.98. The highest BCUT2D eigenvalue weighted by atomic mass is 19.4. The van der Waals surface area contributed by atoms with Gasteiger partial charge in [0.15, 0.2) is 0 Å². The normalized spacial score (nSPS) is 15.3. The average molecular weight is 274 g/mol. The topological polar surface area (TPSA) is 53.6 Å². The van der Waals surface area contributed by atoms with E-state index in [2.05, 4.69) is 16.5 Å². The maximum atomic E-state index is 12.4. The van der Waals surface area contributed by atoms with Crippen LogP contribution in [-0.4, -0.2) is 21.4 Å². The van der Waals surface area contributed by atoms with E-state index in [-0.39, 0.29) is 12.6 Å². The first kappa shape index (κ1) is 15.5.